The molecule has 0 N–H and O–H groups in total. The fraction of sp³-hybridized carbons (Fsp3) is 0.0909. The SMILES string of the molecule is O=C(OCc1ccc(Cl)cc1)Sc1nc(Cl)c(Cl)s1. The molecule has 2 aromatic rings. The first-order valence-electron chi connectivity index (χ1n) is 4.95. The van der Waals surface area contributed by atoms with E-state index < -0.39 is 5.30 Å². The van der Waals surface area contributed by atoms with E-state index in [1.807, 2.05) is 0 Å². The second-order valence-corrected chi connectivity index (χ2v) is 6.89. The van der Waals surface area contributed by atoms with Gasteiger partial charge < -0.3 is 4.74 Å². The lowest BCUT2D eigenvalue weighted by Gasteiger charge is -2.03. The van der Waals surface area contributed by atoms with Crippen molar-refractivity contribution in [3.8, 4) is 0 Å². The van der Waals surface area contributed by atoms with E-state index in [0.717, 1.165) is 28.7 Å². The van der Waals surface area contributed by atoms with Crippen molar-refractivity contribution in [2.75, 3.05) is 0 Å². The highest BCUT2D eigenvalue weighted by Crippen LogP contribution is 2.34. The molecule has 0 unspecified atom stereocenters. The minimum Gasteiger partial charge on any atom is -0.452 e. The summed E-state index contributed by atoms with van der Waals surface area (Å²) in [5, 5.41) is 0.369. The highest BCUT2D eigenvalue weighted by atomic mass is 35.5. The van der Waals surface area contributed by atoms with Crippen LogP contribution in [0, 0.1) is 0 Å². The smallest absolute Gasteiger partial charge is 0.374 e. The highest BCUT2D eigenvalue weighted by Gasteiger charge is 2.13. The Kier molecular flexibility index (Phi) is 5.36. The van der Waals surface area contributed by atoms with Gasteiger partial charge in [0.15, 0.2) is 9.49 Å². The van der Waals surface area contributed by atoms with Crippen molar-refractivity contribution in [3.05, 3.63) is 44.3 Å². The number of halogens is 3. The van der Waals surface area contributed by atoms with E-state index in [2.05, 4.69) is 4.98 Å². The summed E-state index contributed by atoms with van der Waals surface area (Å²) in [6.07, 6.45) is 0. The fourth-order valence-electron chi connectivity index (χ4n) is 1.13. The molecule has 0 aliphatic heterocycles. The van der Waals surface area contributed by atoms with E-state index in [0.29, 0.717) is 13.7 Å². The third-order valence-corrected chi connectivity index (χ3v) is 4.80. The molecule has 0 saturated carbocycles. The zero-order chi connectivity index (χ0) is 13.8. The van der Waals surface area contributed by atoms with Gasteiger partial charge in [-0.3, -0.25) is 0 Å². The Morgan fingerprint density at radius 1 is 1.26 bits per heavy atom. The van der Waals surface area contributed by atoms with E-state index >= 15 is 0 Å². The van der Waals surface area contributed by atoms with E-state index in [1.165, 1.54) is 0 Å². The number of hydrogen-bond donors (Lipinski definition) is 0. The van der Waals surface area contributed by atoms with Crippen molar-refractivity contribution in [2.24, 2.45) is 0 Å². The molecule has 0 amide bonds. The number of carbonyl (C=O) groups excluding carboxylic acids is 1. The summed E-state index contributed by atoms with van der Waals surface area (Å²) < 4.78 is 5.89. The normalized spacial score (nSPS) is 10.5. The standard InChI is InChI=1S/C11H6Cl3NO2S2/c12-7-3-1-6(2-4-7)5-17-11(16)19-10-15-8(13)9(14)18-10/h1-4H,5H2. The van der Waals surface area contributed by atoms with Crippen LogP contribution < -0.4 is 0 Å². The van der Waals surface area contributed by atoms with Crippen molar-refractivity contribution in [3.63, 3.8) is 0 Å². The van der Waals surface area contributed by atoms with Crippen LogP contribution in [-0.2, 0) is 11.3 Å². The molecule has 3 nitrogen and oxygen atoms in total. The maximum Gasteiger partial charge on any atom is 0.374 e. The Labute approximate surface area is 132 Å². The molecule has 0 saturated heterocycles. The Bertz CT molecular complexity index is 567. The predicted molar refractivity (Wildman–Crippen MR) is 79.6 cm³/mol. The maximum absolute atomic E-state index is 11.6. The van der Waals surface area contributed by atoms with Crippen LogP contribution in [-0.4, -0.2) is 10.3 Å². The van der Waals surface area contributed by atoms with Gasteiger partial charge in [-0.2, -0.15) is 0 Å². The van der Waals surface area contributed by atoms with Gasteiger partial charge in [-0.1, -0.05) is 58.3 Å². The first kappa shape index (κ1) is 14.9. The monoisotopic (exact) mass is 353 g/mol. The Morgan fingerprint density at radius 2 is 1.95 bits per heavy atom. The van der Waals surface area contributed by atoms with Crippen molar-refractivity contribution in [2.45, 2.75) is 10.9 Å². The summed E-state index contributed by atoms with van der Waals surface area (Å²) in [5.74, 6) is 0. The zero-order valence-corrected chi connectivity index (χ0v) is 13.1. The maximum atomic E-state index is 11.6. The van der Waals surface area contributed by atoms with Crippen LogP contribution in [0.5, 0.6) is 0 Å². The number of rotatable bonds is 3. The summed E-state index contributed by atoms with van der Waals surface area (Å²) in [5.41, 5.74) is 0.855. The first-order valence-corrected chi connectivity index (χ1v) is 7.72. The second-order valence-electron chi connectivity index (χ2n) is 3.31. The van der Waals surface area contributed by atoms with Crippen molar-refractivity contribution >= 4 is 63.2 Å². The topological polar surface area (TPSA) is 39.2 Å². The molecule has 8 heteroatoms. The summed E-state index contributed by atoms with van der Waals surface area (Å²) in [7, 11) is 0. The minimum atomic E-state index is -0.461. The molecular weight excluding hydrogens is 349 g/mol. The molecule has 1 heterocycles. The van der Waals surface area contributed by atoms with E-state index in [4.69, 9.17) is 39.5 Å². The molecule has 0 aliphatic carbocycles. The van der Waals surface area contributed by atoms with Crippen LogP contribution in [0.4, 0.5) is 4.79 Å². The summed E-state index contributed by atoms with van der Waals surface area (Å²) in [6.45, 7) is 0.176. The van der Waals surface area contributed by atoms with Crippen LogP contribution in [0.3, 0.4) is 0 Å². The molecule has 1 aromatic carbocycles. The van der Waals surface area contributed by atoms with E-state index in [1.54, 1.807) is 24.3 Å². The fourth-order valence-corrected chi connectivity index (χ4v) is 3.40. The predicted octanol–water partition coefficient (Wildman–Crippen LogP) is 5.53. The zero-order valence-electron chi connectivity index (χ0n) is 9.23. The molecule has 0 spiro atoms. The van der Waals surface area contributed by atoms with Crippen LogP contribution in [0.2, 0.25) is 14.5 Å². The van der Waals surface area contributed by atoms with Crippen LogP contribution in [0.25, 0.3) is 0 Å². The van der Waals surface area contributed by atoms with Crippen LogP contribution >= 0.6 is 57.9 Å². The Morgan fingerprint density at radius 3 is 2.53 bits per heavy atom. The van der Waals surface area contributed by atoms with Crippen LogP contribution in [0.15, 0.2) is 28.6 Å². The molecule has 0 bridgehead atoms. The molecule has 0 atom stereocenters. The van der Waals surface area contributed by atoms with Crippen LogP contribution in [0.1, 0.15) is 5.56 Å². The van der Waals surface area contributed by atoms with Gasteiger partial charge in [-0.15, -0.1) is 0 Å². The van der Waals surface area contributed by atoms with Crippen molar-refractivity contribution in [1.82, 2.24) is 4.98 Å². The molecule has 0 radical (unpaired) electrons. The van der Waals surface area contributed by atoms with Gasteiger partial charge in [-0.05, 0) is 17.7 Å². The van der Waals surface area contributed by atoms with Gasteiger partial charge in [0.1, 0.15) is 10.9 Å². The number of benzene rings is 1. The summed E-state index contributed by atoms with van der Waals surface area (Å²) in [6, 6.07) is 7.05. The number of nitrogens with zero attached hydrogens (tertiary/aromatic N) is 1. The molecule has 100 valence electrons. The van der Waals surface area contributed by atoms with Gasteiger partial charge in [0.25, 0.3) is 0 Å². The molecule has 0 aliphatic rings. The quantitative estimate of drug-likeness (QED) is 0.536. The van der Waals surface area contributed by atoms with Crippen molar-refractivity contribution in [1.29, 1.82) is 0 Å². The van der Waals surface area contributed by atoms with Gasteiger partial charge in [0.05, 0.1) is 0 Å². The summed E-state index contributed by atoms with van der Waals surface area (Å²) in [4.78, 5) is 15.5. The minimum absolute atomic E-state index is 0.176. The molecule has 0 fully saturated rings. The lowest BCUT2D eigenvalue weighted by molar-refractivity contribution is 0.168. The molecule has 2 rings (SSSR count). The third-order valence-electron chi connectivity index (χ3n) is 1.97. The highest BCUT2D eigenvalue weighted by molar-refractivity contribution is 8.14. The van der Waals surface area contributed by atoms with E-state index in [-0.39, 0.29) is 11.8 Å². The lowest BCUT2D eigenvalue weighted by atomic mass is 10.2. The molecular formula is C11H6Cl3NO2S2. The molecule has 19 heavy (non-hydrogen) atoms. The number of aromatic nitrogens is 1. The Hall–Kier alpha value is -0.460. The second kappa shape index (κ2) is 6.81. The average Bonchev–Trinajstić information content (AvgIpc) is 2.67. The van der Waals surface area contributed by atoms with Gasteiger partial charge >= 0.3 is 5.30 Å². The summed E-state index contributed by atoms with van der Waals surface area (Å²) >= 11 is 19.2. The van der Waals surface area contributed by atoms with Gasteiger partial charge in [-0.25, -0.2) is 9.78 Å². The number of carbonyl (C=O) groups is 1. The van der Waals surface area contributed by atoms with Crippen molar-refractivity contribution < 1.29 is 9.53 Å². The Balaban J connectivity index is 1.86. The number of ether oxygens (including phenoxy) is 1. The number of thioether (sulfide) groups is 1. The van der Waals surface area contributed by atoms with Gasteiger partial charge in [0.2, 0.25) is 0 Å². The molecule has 1 aromatic heterocycles. The number of hydrogen-bond acceptors (Lipinski definition) is 5. The first-order chi connectivity index (χ1) is 9.04. The third kappa shape index (κ3) is 4.54. The lowest BCUT2D eigenvalue weighted by Crippen LogP contribution is -1.97. The van der Waals surface area contributed by atoms with Gasteiger partial charge in [0, 0.05) is 16.8 Å². The average molecular weight is 355 g/mol. The van der Waals surface area contributed by atoms with E-state index in [9.17, 15) is 4.79 Å². The number of thiazole rings is 1. The largest absolute Gasteiger partial charge is 0.452 e.